The molecule has 2 aliphatic heterocycles. The summed E-state index contributed by atoms with van der Waals surface area (Å²) in [5.41, 5.74) is 3.10. The van der Waals surface area contributed by atoms with E-state index in [0.29, 0.717) is 18.4 Å². The van der Waals surface area contributed by atoms with Gasteiger partial charge in [0.25, 0.3) is 5.56 Å². The van der Waals surface area contributed by atoms with Crippen LogP contribution in [0.25, 0.3) is 11.0 Å². The molecule has 2 aliphatic rings. The number of piperidine rings is 1. The first kappa shape index (κ1) is 16.5. The van der Waals surface area contributed by atoms with Gasteiger partial charge in [-0.3, -0.25) is 4.79 Å². The normalized spacial score (nSPS) is 21.7. The highest BCUT2D eigenvalue weighted by Crippen LogP contribution is 2.37. The number of rotatable bonds is 3. The molecular weight excluding hydrogens is 340 g/mol. The minimum Gasteiger partial charge on any atom is -0.355 e. The van der Waals surface area contributed by atoms with Gasteiger partial charge in [0.2, 0.25) is 0 Å². The van der Waals surface area contributed by atoms with Crippen molar-refractivity contribution in [3.05, 3.63) is 52.3 Å². The molecule has 0 amide bonds. The van der Waals surface area contributed by atoms with E-state index < -0.39 is 0 Å². The van der Waals surface area contributed by atoms with Crippen molar-refractivity contribution in [1.82, 2.24) is 24.4 Å². The maximum Gasteiger partial charge on any atom is 0.255 e. The van der Waals surface area contributed by atoms with Crippen LogP contribution in [0.5, 0.6) is 0 Å². The number of fused-ring (bicyclic) bond motifs is 5. The van der Waals surface area contributed by atoms with Crippen LogP contribution in [0.2, 0.25) is 0 Å². The Kier molecular flexibility index (Phi) is 3.79. The Hall–Kier alpha value is -2.67. The second-order valence-corrected chi connectivity index (χ2v) is 8.08. The zero-order chi connectivity index (χ0) is 18.5. The fraction of sp³-hybridized carbons (Fsp3) is 0.450. The van der Waals surface area contributed by atoms with Crippen molar-refractivity contribution in [2.24, 2.45) is 5.92 Å². The highest BCUT2D eigenvalue weighted by atomic mass is 16.1. The number of H-pyrrole nitrogens is 1. The summed E-state index contributed by atoms with van der Waals surface area (Å²) in [6, 6.07) is 6.22. The quantitative estimate of drug-likeness (QED) is 0.767. The van der Waals surface area contributed by atoms with Gasteiger partial charge in [-0.15, -0.1) is 0 Å². The van der Waals surface area contributed by atoms with Crippen molar-refractivity contribution >= 4 is 16.9 Å². The molecule has 0 spiro atoms. The van der Waals surface area contributed by atoms with Gasteiger partial charge in [-0.25, -0.2) is 9.97 Å². The van der Waals surface area contributed by atoms with E-state index in [0.717, 1.165) is 48.5 Å². The lowest BCUT2D eigenvalue weighted by Crippen LogP contribution is -2.48. The number of hydrogen-bond donors (Lipinski definition) is 1. The SMILES string of the molecule is CN(C)Cc1ccc2n(c1=O)C[C@H]1C[C@@H]2CN(c2ncnc3[nH]ccc23)C1. The second kappa shape index (κ2) is 6.20. The average molecular weight is 364 g/mol. The van der Waals surface area contributed by atoms with Crippen LogP contribution in [-0.2, 0) is 13.1 Å². The Morgan fingerprint density at radius 3 is 2.93 bits per heavy atom. The molecular formula is C20H24N6O. The fourth-order valence-corrected chi connectivity index (χ4v) is 4.74. The molecule has 27 heavy (non-hydrogen) atoms. The lowest BCUT2D eigenvalue weighted by Gasteiger charge is -2.43. The number of aromatic nitrogens is 4. The minimum atomic E-state index is 0.180. The van der Waals surface area contributed by atoms with E-state index in [1.165, 1.54) is 5.69 Å². The van der Waals surface area contributed by atoms with Crippen LogP contribution in [0.4, 0.5) is 5.82 Å². The third kappa shape index (κ3) is 2.73. The van der Waals surface area contributed by atoms with E-state index >= 15 is 0 Å². The number of aromatic amines is 1. The van der Waals surface area contributed by atoms with E-state index in [4.69, 9.17) is 0 Å². The Morgan fingerprint density at radius 2 is 2.07 bits per heavy atom. The van der Waals surface area contributed by atoms with Crippen LogP contribution >= 0.6 is 0 Å². The van der Waals surface area contributed by atoms with Crippen LogP contribution in [0, 0.1) is 5.92 Å². The summed E-state index contributed by atoms with van der Waals surface area (Å²) < 4.78 is 2.03. The summed E-state index contributed by atoms with van der Waals surface area (Å²) >= 11 is 0. The number of anilines is 1. The largest absolute Gasteiger partial charge is 0.355 e. The van der Waals surface area contributed by atoms with Crippen molar-refractivity contribution in [3.8, 4) is 0 Å². The summed E-state index contributed by atoms with van der Waals surface area (Å²) in [6.07, 6.45) is 4.68. The topological polar surface area (TPSA) is 70.1 Å². The number of nitrogens with one attached hydrogen (secondary N) is 1. The number of pyridine rings is 1. The predicted octanol–water partition coefficient (Wildman–Crippen LogP) is 1.80. The Bertz CT molecular complexity index is 1050. The maximum absolute atomic E-state index is 13.0. The summed E-state index contributed by atoms with van der Waals surface area (Å²) in [5.74, 6) is 1.83. The molecule has 7 nitrogen and oxygen atoms in total. The average Bonchev–Trinajstić information content (AvgIpc) is 3.13. The third-order valence-electron chi connectivity index (χ3n) is 5.80. The van der Waals surface area contributed by atoms with Gasteiger partial charge in [-0.05, 0) is 38.6 Å². The zero-order valence-corrected chi connectivity index (χ0v) is 15.7. The van der Waals surface area contributed by atoms with Gasteiger partial charge in [-0.2, -0.15) is 0 Å². The molecule has 3 aromatic rings. The van der Waals surface area contributed by atoms with Crippen LogP contribution in [0.15, 0.2) is 35.5 Å². The summed E-state index contributed by atoms with van der Waals surface area (Å²) in [4.78, 5) is 29.4. The molecule has 0 radical (unpaired) electrons. The summed E-state index contributed by atoms with van der Waals surface area (Å²) in [7, 11) is 4.00. The molecule has 5 rings (SSSR count). The molecule has 5 heterocycles. The van der Waals surface area contributed by atoms with Crippen molar-refractivity contribution in [3.63, 3.8) is 0 Å². The monoisotopic (exact) mass is 364 g/mol. The molecule has 0 aliphatic carbocycles. The standard InChI is InChI=1S/C20H24N6O/c1-24(2)10-14-3-4-17-15-7-13(9-26(17)20(14)27)8-25(11-15)19-16-5-6-21-18(16)22-12-23-19/h3-6,12-13,15H,7-11H2,1-2H3,(H,21,22,23)/t13-,15+/m0/s1. The minimum absolute atomic E-state index is 0.180. The molecule has 3 aromatic heterocycles. The first-order chi connectivity index (χ1) is 13.1. The molecule has 0 saturated carbocycles. The van der Waals surface area contributed by atoms with Gasteiger partial charge >= 0.3 is 0 Å². The molecule has 2 bridgehead atoms. The molecule has 1 N–H and O–H groups in total. The van der Waals surface area contributed by atoms with Crippen molar-refractivity contribution in [2.45, 2.75) is 25.4 Å². The number of nitrogens with zero attached hydrogens (tertiary/aromatic N) is 5. The van der Waals surface area contributed by atoms with Crippen molar-refractivity contribution < 1.29 is 0 Å². The van der Waals surface area contributed by atoms with E-state index in [-0.39, 0.29) is 5.56 Å². The van der Waals surface area contributed by atoms with Gasteiger partial charge in [-0.1, -0.05) is 6.07 Å². The van der Waals surface area contributed by atoms with E-state index in [9.17, 15) is 4.79 Å². The molecule has 0 aromatic carbocycles. The first-order valence-electron chi connectivity index (χ1n) is 9.50. The zero-order valence-electron chi connectivity index (χ0n) is 15.7. The smallest absolute Gasteiger partial charge is 0.255 e. The van der Waals surface area contributed by atoms with Crippen molar-refractivity contribution in [2.75, 3.05) is 32.1 Å². The molecule has 2 atom stereocenters. The molecule has 140 valence electrons. The highest BCUT2D eigenvalue weighted by Gasteiger charge is 2.36. The van der Waals surface area contributed by atoms with E-state index in [1.54, 1.807) is 6.33 Å². The van der Waals surface area contributed by atoms with Gasteiger partial charge in [0.05, 0.1) is 5.39 Å². The van der Waals surface area contributed by atoms with Crippen LogP contribution in [-0.4, -0.2) is 51.6 Å². The fourth-order valence-electron chi connectivity index (χ4n) is 4.74. The Balaban J connectivity index is 1.50. The maximum atomic E-state index is 13.0. The predicted molar refractivity (Wildman–Crippen MR) is 105 cm³/mol. The van der Waals surface area contributed by atoms with Crippen LogP contribution in [0.3, 0.4) is 0 Å². The Labute approximate surface area is 157 Å². The first-order valence-corrected chi connectivity index (χ1v) is 9.50. The van der Waals surface area contributed by atoms with Gasteiger partial charge in [0.1, 0.15) is 17.8 Å². The van der Waals surface area contributed by atoms with Gasteiger partial charge in [0, 0.05) is 49.6 Å². The molecule has 7 heteroatoms. The van der Waals surface area contributed by atoms with Crippen LogP contribution < -0.4 is 10.5 Å². The van der Waals surface area contributed by atoms with Crippen LogP contribution in [0.1, 0.15) is 23.6 Å². The second-order valence-electron chi connectivity index (χ2n) is 8.08. The summed E-state index contributed by atoms with van der Waals surface area (Å²) in [5, 5.41) is 1.07. The summed E-state index contributed by atoms with van der Waals surface area (Å²) in [6.45, 7) is 3.30. The molecule has 0 unspecified atom stereocenters. The van der Waals surface area contributed by atoms with Gasteiger partial charge < -0.3 is 19.4 Å². The van der Waals surface area contributed by atoms with Crippen molar-refractivity contribution in [1.29, 1.82) is 0 Å². The lowest BCUT2D eigenvalue weighted by atomic mass is 9.83. The molecule has 1 saturated heterocycles. The Morgan fingerprint density at radius 1 is 1.19 bits per heavy atom. The van der Waals surface area contributed by atoms with E-state index in [1.807, 2.05) is 41.9 Å². The number of hydrogen-bond acceptors (Lipinski definition) is 5. The van der Waals surface area contributed by atoms with Gasteiger partial charge in [0.15, 0.2) is 0 Å². The highest BCUT2D eigenvalue weighted by molar-refractivity contribution is 5.87. The third-order valence-corrected chi connectivity index (χ3v) is 5.80. The van der Waals surface area contributed by atoms with E-state index in [2.05, 4.69) is 25.9 Å². The molecule has 1 fully saturated rings. The lowest BCUT2D eigenvalue weighted by molar-refractivity contribution is 0.279.